The second-order valence-electron chi connectivity index (χ2n) is 4.77. The molecule has 2 aromatic rings. The highest BCUT2D eigenvalue weighted by Gasteiger charge is 2.00. The summed E-state index contributed by atoms with van der Waals surface area (Å²) in [6.07, 6.45) is 7.65. The van der Waals surface area contributed by atoms with Gasteiger partial charge in [-0.15, -0.1) is 0 Å². The van der Waals surface area contributed by atoms with E-state index in [-0.39, 0.29) is 6.03 Å². The van der Waals surface area contributed by atoms with Crippen molar-refractivity contribution in [2.75, 3.05) is 13.1 Å². The number of urea groups is 1. The standard InChI is InChI=1S/C16H20N4O/c21-16(20-10-8-15-11-17-13-18-12-15)19-9-4-7-14-5-2-1-3-6-14/h1-3,5-6,11-13H,4,7-10H2,(H2,19,20,21). The smallest absolute Gasteiger partial charge is 0.314 e. The maximum atomic E-state index is 11.6. The van der Waals surface area contributed by atoms with Gasteiger partial charge in [-0.1, -0.05) is 30.3 Å². The number of nitrogens with zero attached hydrogens (tertiary/aromatic N) is 2. The van der Waals surface area contributed by atoms with E-state index in [0.29, 0.717) is 13.1 Å². The zero-order valence-electron chi connectivity index (χ0n) is 12.0. The maximum absolute atomic E-state index is 11.6. The summed E-state index contributed by atoms with van der Waals surface area (Å²) in [4.78, 5) is 19.5. The van der Waals surface area contributed by atoms with Gasteiger partial charge in [0.2, 0.25) is 0 Å². The van der Waals surface area contributed by atoms with Crippen LogP contribution in [-0.2, 0) is 12.8 Å². The molecule has 1 aromatic carbocycles. The molecule has 2 rings (SSSR count). The molecule has 0 unspecified atom stereocenters. The number of amides is 2. The summed E-state index contributed by atoms with van der Waals surface area (Å²) < 4.78 is 0. The molecular weight excluding hydrogens is 264 g/mol. The number of carbonyl (C=O) groups is 1. The van der Waals surface area contributed by atoms with Gasteiger partial charge >= 0.3 is 6.03 Å². The Morgan fingerprint density at radius 3 is 2.38 bits per heavy atom. The fraction of sp³-hybridized carbons (Fsp3) is 0.312. The molecule has 0 aliphatic carbocycles. The third-order valence-electron chi connectivity index (χ3n) is 3.08. The molecule has 0 aliphatic heterocycles. The number of hydrogen-bond donors (Lipinski definition) is 2. The van der Waals surface area contributed by atoms with Crippen LogP contribution < -0.4 is 10.6 Å². The lowest BCUT2D eigenvalue weighted by Crippen LogP contribution is -2.37. The van der Waals surface area contributed by atoms with Crippen molar-refractivity contribution in [3.8, 4) is 0 Å². The molecule has 0 aliphatic rings. The van der Waals surface area contributed by atoms with Crippen molar-refractivity contribution in [3.05, 3.63) is 60.2 Å². The van der Waals surface area contributed by atoms with Gasteiger partial charge in [-0.25, -0.2) is 14.8 Å². The van der Waals surface area contributed by atoms with E-state index in [2.05, 4.69) is 32.7 Å². The Bertz CT molecular complexity index is 530. The second kappa shape index (κ2) is 8.68. The minimum Gasteiger partial charge on any atom is -0.338 e. The molecule has 2 amide bonds. The van der Waals surface area contributed by atoms with E-state index >= 15 is 0 Å². The summed E-state index contributed by atoms with van der Waals surface area (Å²) in [6, 6.07) is 10.1. The Hall–Kier alpha value is -2.43. The monoisotopic (exact) mass is 284 g/mol. The lowest BCUT2D eigenvalue weighted by molar-refractivity contribution is 0.241. The van der Waals surface area contributed by atoms with Gasteiger partial charge in [0, 0.05) is 25.5 Å². The fourth-order valence-corrected chi connectivity index (χ4v) is 1.98. The van der Waals surface area contributed by atoms with Crippen LogP contribution in [0, 0.1) is 0 Å². The Morgan fingerprint density at radius 1 is 0.905 bits per heavy atom. The highest BCUT2D eigenvalue weighted by atomic mass is 16.2. The maximum Gasteiger partial charge on any atom is 0.314 e. The summed E-state index contributed by atoms with van der Waals surface area (Å²) >= 11 is 0. The van der Waals surface area contributed by atoms with Crippen LogP contribution in [0.2, 0.25) is 0 Å². The third kappa shape index (κ3) is 6.03. The number of aromatic nitrogens is 2. The van der Waals surface area contributed by atoms with Gasteiger partial charge in [0.05, 0.1) is 0 Å². The van der Waals surface area contributed by atoms with Crippen LogP contribution in [0.1, 0.15) is 17.5 Å². The molecule has 5 heteroatoms. The zero-order valence-corrected chi connectivity index (χ0v) is 12.0. The van der Waals surface area contributed by atoms with E-state index in [9.17, 15) is 4.79 Å². The molecule has 0 bridgehead atoms. The van der Waals surface area contributed by atoms with Crippen molar-refractivity contribution >= 4 is 6.03 Å². The van der Waals surface area contributed by atoms with Gasteiger partial charge in [-0.2, -0.15) is 0 Å². The minimum absolute atomic E-state index is 0.125. The first-order valence-corrected chi connectivity index (χ1v) is 7.14. The van der Waals surface area contributed by atoms with Gasteiger partial charge in [-0.05, 0) is 30.4 Å². The number of benzene rings is 1. The molecule has 21 heavy (non-hydrogen) atoms. The highest BCUT2D eigenvalue weighted by Crippen LogP contribution is 2.01. The topological polar surface area (TPSA) is 66.9 Å². The summed E-state index contributed by atoms with van der Waals surface area (Å²) in [7, 11) is 0. The van der Waals surface area contributed by atoms with Crippen LogP contribution in [-0.4, -0.2) is 29.1 Å². The van der Waals surface area contributed by atoms with E-state index in [0.717, 1.165) is 24.8 Å². The van der Waals surface area contributed by atoms with Crippen LogP contribution in [0.25, 0.3) is 0 Å². The summed E-state index contributed by atoms with van der Waals surface area (Å²) in [5.41, 5.74) is 2.31. The van der Waals surface area contributed by atoms with E-state index < -0.39 is 0 Å². The molecule has 1 aromatic heterocycles. The summed E-state index contributed by atoms with van der Waals surface area (Å²) in [5.74, 6) is 0. The molecule has 0 saturated heterocycles. The number of nitrogens with one attached hydrogen (secondary N) is 2. The lowest BCUT2D eigenvalue weighted by atomic mass is 10.1. The van der Waals surface area contributed by atoms with Crippen LogP contribution in [0.3, 0.4) is 0 Å². The Labute approximate surface area is 124 Å². The number of hydrogen-bond acceptors (Lipinski definition) is 3. The van der Waals surface area contributed by atoms with Crippen LogP contribution >= 0.6 is 0 Å². The average Bonchev–Trinajstić information content (AvgIpc) is 2.54. The van der Waals surface area contributed by atoms with Crippen molar-refractivity contribution in [1.82, 2.24) is 20.6 Å². The molecule has 0 saturated carbocycles. The molecule has 1 heterocycles. The molecule has 0 atom stereocenters. The molecule has 0 fully saturated rings. The van der Waals surface area contributed by atoms with Crippen molar-refractivity contribution < 1.29 is 4.79 Å². The first kappa shape index (κ1) is 15.0. The summed E-state index contributed by atoms with van der Waals surface area (Å²) in [5, 5.41) is 5.68. The minimum atomic E-state index is -0.125. The largest absolute Gasteiger partial charge is 0.338 e. The van der Waals surface area contributed by atoms with Gasteiger partial charge in [0.25, 0.3) is 0 Å². The van der Waals surface area contributed by atoms with Crippen LogP contribution in [0.15, 0.2) is 49.1 Å². The van der Waals surface area contributed by atoms with Crippen molar-refractivity contribution in [2.45, 2.75) is 19.3 Å². The van der Waals surface area contributed by atoms with Crippen molar-refractivity contribution in [1.29, 1.82) is 0 Å². The van der Waals surface area contributed by atoms with Gasteiger partial charge < -0.3 is 10.6 Å². The number of aryl methyl sites for hydroxylation is 1. The molecular formula is C16H20N4O. The highest BCUT2D eigenvalue weighted by molar-refractivity contribution is 5.73. The van der Waals surface area contributed by atoms with Gasteiger partial charge in [0.15, 0.2) is 0 Å². The molecule has 110 valence electrons. The molecule has 0 radical (unpaired) electrons. The molecule has 2 N–H and O–H groups in total. The lowest BCUT2D eigenvalue weighted by Gasteiger charge is -2.07. The molecule has 5 nitrogen and oxygen atoms in total. The van der Waals surface area contributed by atoms with E-state index in [1.165, 1.54) is 11.9 Å². The predicted octanol–water partition coefficient (Wildman–Crippen LogP) is 1.95. The number of carbonyl (C=O) groups excluding carboxylic acids is 1. The normalized spacial score (nSPS) is 10.1. The molecule has 0 spiro atoms. The second-order valence-corrected chi connectivity index (χ2v) is 4.77. The fourth-order valence-electron chi connectivity index (χ4n) is 1.98. The SMILES string of the molecule is O=C(NCCCc1ccccc1)NCCc1cncnc1. The van der Waals surface area contributed by atoms with E-state index in [1.807, 2.05) is 18.2 Å². The van der Waals surface area contributed by atoms with Crippen molar-refractivity contribution in [2.24, 2.45) is 0 Å². The average molecular weight is 284 g/mol. The quantitative estimate of drug-likeness (QED) is 0.764. The van der Waals surface area contributed by atoms with Gasteiger partial charge in [0.1, 0.15) is 6.33 Å². The predicted molar refractivity (Wildman–Crippen MR) is 81.9 cm³/mol. The van der Waals surface area contributed by atoms with Crippen LogP contribution in [0.4, 0.5) is 4.79 Å². The Balaban J connectivity index is 1.54. The summed E-state index contributed by atoms with van der Waals surface area (Å²) in [6.45, 7) is 1.26. The van der Waals surface area contributed by atoms with E-state index in [4.69, 9.17) is 0 Å². The van der Waals surface area contributed by atoms with Crippen molar-refractivity contribution in [3.63, 3.8) is 0 Å². The number of rotatable bonds is 7. The third-order valence-corrected chi connectivity index (χ3v) is 3.08. The first-order valence-electron chi connectivity index (χ1n) is 7.14. The van der Waals surface area contributed by atoms with Crippen LogP contribution in [0.5, 0.6) is 0 Å². The Kier molecular flexibility index (Phi) is 6.19. The Morgan fingerprint density at radius 2 is 1.62 bits per heavy atom. The van der Waals surface area contributed by atoms with E-state index in [1.54, 1.807) is 12.4 Å². The zero-order chi connectivity index (χ0) is 14.8. The van der Waals surface area contributed by atoms with Gasteiger partial charge in [-0.3, -0.25) is 0 Å². The first-order chi connectivity index (χ1) is 10.3.